The molecule has 1 saturated heterocycles. The van der Waals surface area contributed by atoms with E-state index in [1.165, 1.54) is 21.6 Å². The number of benzene rings is 2. The van der Waals surface area contributed by atoms with Crippen molar-refractivity contribution in [2.75, 3.05) is 24.6 Å². The van der Waals surface area contributed by atoms with Crippen molar-refractivity contribution in [1.29, 1.82) is 0 Å². The van der Waals surface area contributed by atoms with Gasteiger partial charge in [0.1, 0.15) is 4.32 Å². The molecule has 1 fully saturated rings. The van der Waals surface area contributed by atoms with Crippen LogP contribution in [-0.4, -0.2) is 45.8 Å². The minimum atomic E-state index is -0.191. The highest BCUT2D eigenvalue weighted by Gasteiger charge is 2.32. The molecule has 1 N–H and O–H groups in total. The van der Waals surface area contributed by atoms with Gasteiger partial charge in [0, 0.05) is 25.2 Å². The van der Waals surface area contributed by atoms with Crippen LogP contribution in [0.2, 0.25) is 0 Å². The fourth-order valence-electron chi connectivity index (χ4n) is 2.97. The number of aliphatic hydroxyl groups is 1. The zero-order valence-electron chi connectivity index (χ0n) is 16.3. The summed E-state index contributed by atoms with van der Waals surface area (Å²) in [7, 11) is 0. The summed E-state index contributed by atoms with van der Waals surface area (Å²) in [5, 5.41) is 9.31. The fourth-order valence-corrected chi connectivity index (χ4v) is 4.23. The van der Waals surface area contributed by atoms with Crippen molar-refractivity contribution in [3.63, 3.8) is 0 Å². The molecule has 2 aromatic rings. The SMILES string of the molecule is O=C1/C(=C/C=C/c2ccccc2)SC(=S)N1CCC(=O)N(CCO)c1ccccc1. The first-order chi connectivity index (χ1) is 14.6. The average molecular weight is 439 g/mol. The van der Waals surface area contributed by atoms with Crippen LogP contribution >= 0.6 is 24.0 Å². The van der Waals surface area contributed by atoms with Crippen molar-refractivity contribution in [3.8, 4) is 0 Å². The van der Waals surface area contributed by atoms with E-state index in [2.05, 4.69) is 0 Å². The molecule has 0 unspecified atom stereocenters. The molecule has 30 heavy (non-hydrogen) atoms. The Morgan fingerprint density at radius 1 is 1.10 bits per heavy atom. The topological polar surface area (TPSA) is 60.9 Å². The summed E-state index contributed by atoms with van der Waals surface area (Å²) in [6.07, 6.45) is 5.61. The predicted molar refractivity (Wildman–Crippen MR) is 126 cm³/mol. The molecule has 0 aliphatic carbocycles. The molecule has 7 heteroatoms. The Morgan fingerprint density at radius 3 is 2.43 bits per heavy atom. The van der Waals surface area contributed by atoms with Crippen LogP contribution in [0.4, 0.5) is 5.69 Å². The number of hydrogen-bond acceptors (Lipinski definition) is 5. The highest BCUT2D eigenvalue weighted by molar-refractivity contribution is 8.26. The monoisotopic (exact) mass is 438 g/mol. The molecule has 3 rings (SSSR count). The van der Waals surface area contributed by atoms with Crippen molar-refractivity contribution < 1.29 is 14.7 Å². The molecule has 0 spiro atoms. The summed E-state index contributed by atoms with van der Waals surface area (Å²) < 4.78 is 0.445. The Morgan fingerprint density at radius 2 is 1.77 bits per heavy atom. The van der Waals surface area contributed by atoms with Crippen LogP contribution < -0.4 is 4.90 Å². The Hall–Kier alpha value is -2.74. The van der Waals surface area contributed by atoms with Crippen LogP contribution in [0.15, 0.2) is 77.7 Å². The number of rotatable bonds is 8. The number of anilines is 1. The van der Waals surface area contributed by atoms with Gasteiger partial charge in [0.05, 0.1) is 11.5 Å². The maximum absolute atomic E-state index is 12.7. The highest BCUT2D eigenvalue weighted by atomic mass is 32.2. The van der Waals surface area contributed by atoms with E-state index in [-0.39, 0.29) is 37.9 Å². The molecular weight excluding hydrogens is 416 g/mol. The van der Waals surface area contributed by atoms with Gasteiger partial charge in [-0.2, -0.15) is 0 Å². The fraction of sp³-hybridized carbons (Fsp3) is 0.174. The lowest BCUT2D eigenvalue weighted by atomic mass is 10.2. The number of nitrogens with zero attached hydrogens (tertiary/aromatic N) is 2. The van der Waals surface area contributed by atoms with Crippen LogP contribution in [-0.2, 0) is 9.59 Å². The second-order valence-corrected chi connectivity index (χ2v) is 8.16. The van der Waals surface area contributed by atoms with E-state index in [0.717, 1.165) is 5.56 Å². The summed E-state index contributed by atoms with van der Waals surface area (Å²) in [5.41, 5.74) is 1.76. The van der Waals surface area contributed by atoms with Crippen LogP contribution in [0.25, 0.3) is 6.08 Å². The molecule has 2 amide bonds. The second kappa shape index (κ2) is 10.9. The van der Waals surface area contributed by atoms with E-state index in [1.807, 2.05) is 72.8 Å². The molecule has 2 aromatic carbocycles. The van der Waals surface area contributed by atoms with Crippen molar-refractivity contribution in [2.45, 2.75) is 6.42 Å². The number of aliphatic hydroxyl groups excluding tert-OH is 1. The lowest BCUT2D eigenvalue weighted by Gasteiger charge is -2.23. The number of thiocarbonyl (C=S) groups is 1. The standard InChI is InChI=1S/C23H22N2O3S2/c26-17-16-24(19-11-5-2-6-12-19)21(27)14-15-25-22(28)20(30-23(25)29)13-7-10-18-8-3-1-4-9-18/h1-13,26H,14-17H2/b10-7+,20-13-. The number of carbonyl (C=O) groups is 2. The number of amides is 2. The molecule has 5 nitrogen and oxygen atoms in total. The zero-order valence-corrected chi connectivity index (χ0v) is 17.9. The van der Waals surface area contributed by atoms with Crippen LogP contribution in [0.3, 0.4) is 0 Å². The second-order valence-electron chi connectivity index (χ2n) is 6.48. The summed E-state index contributed by atoms with van der Waals surface area (Å²) in [4.78, 5) is 28.9. The van der Waals surface area contributed by atoms with Gasteiger partial charge in [0.15, 0.2) is 0 Å². The summed E-state index contributed by atoms with van der Waals surface area (Å²) >= 11 is 6.58. The first kappa shape index (κ1) is 22.0. The van der Waals surface area contributed by atoms with Gasteiger partial charge in [-0.05, 0) is 23.8 Å². The number of para-hydroxylation sites is 1. The van der Waals surface area contributed by atoms with Gasteiger partial charge in [-0.25, -0.2) is 0 Å². The zero-order chi connectivity index (χ0) is 21.3. The predicted octanol–water partition coefficient (Wildman–Crippen LogP) is 3.86. The number of carbonyl (C=O) groups excluding carboxylic acids is 2. The maximum Gasteiger partial charge on any atom is 0.266 e. The minimum absolute atomic E-state index is 0.120. The summed E-state index contributed by atoms with van der Waals surface area (Å²) in [6.45, 7) is 0.265. The smallest absolute Gasteiger partial charge is 0.266 e. The normalized spacial score (nSPS) is 15.4. The molecule has 0 atom stereocenters. The van der Waals surface area contributed by atoms with Gasteiger partial charge in [0.2, 0.25) is 5.91 Å². The molecule has 0 aromatic heterocycles. The Balaban J connectivity index is 1.61. The highest BCUT2D eigenvalue weighted by Crippen LogP contribution is 2.31. The van der Waals surface area contributed by atoms with Crippen LogP contribution in [0.1, 0.15) is 12.0 Å². The summed E-state index contributed by atoms with van der Waals surface area (Å²) in [6, 6.07) is 19.0. The van der Waals surface area contributed by atoms with Gasteiger partial charge >= 0.3 is 0 Å². The van der Waals surface area contributed by atoms with Crippen LogP contribution in [0.5, 0.6) is 0 Å². The summed E-state index contributed by atoms with van der Waals surface area (Å²) in [5.74, 6) is -0.360. The lowest BCUT2D eigenvalue weighted by Crippen LogP contribution is -2.37. The number of allylic oxidation sites excluding steroid dienone is 2. The Kier molecular flexibility index (Phi) is 7.96. The third-order valence-corrected chi connectivity index (χ3v) is 5.85. The Bertz CT molecular complexity index is 959. The first-order valence-electron chi connectivity index (χ1n) is 9.53. The molecule has 1 aliphatic rings. The average Bonchev–Trinajstić information content (AvgIpc) is 3.04. The van der Waals surface area contributed by atoms with Crippen LogP contribution in [0, 0.1) is 0 Å². The lowest BCUT2D eigenvalue weighted by molar-refractivity contribution is -0.123. The van der Waals surface area contributed by atoms with E-state index in [1.54, 1.807) is 6.08 Å². The van der Waals surface area contributed by atoms with Crippen molar-refractivity contribution >= 4 is 51.9 Å². The minimum Gasteiger partial charge on any atom is -0.395 e. The maximum atomic E-state index is 12.7. The van der Waals surface area contributed by atoms with Gasteiger partial charge in [-0.15, -0.1) is 0 Å². The van der Waals surface area contributed by atoms with Crippen molar-refractivity contribution in [3.05, 3.63) is 83.3 Å². The molecule has 1 aliphatic heterocycles. The van der Waals surface area contributed by atoms with E-state index in [0.29, 0.717) is 14.9 Å². The number of hydrogen-bond donors (Lipinski definition) is 1. The van der Waals surface area contributed by atoms with E-state index >= 15 is 0 Å². The van der Waals surface area contributed by atoms with Gasteiger partial charge in [-0.1, -0.05) is 84.7 Å². The molecule has 1 heterocycles. The molecular formula is C23H22N2O3S2. The number of thioether (sulfide) groups is 1. The van der Waals surface area contributed by atoms with Gasteiger partial charge < -0.3 is 10.0 Å². The third kappa shape index (κ3) is 5.66. The largest absolute Gasteiger partial charge is 0.395 e. The van der Waals surface area contributed by atoms with E-state index < -0.39 is 0 Å². The molecule has 0 saturated carbocycles. The van der Waals surface area contributed by atoms with Crippen molar-refractivity contribution in [2.24, 2.45) is 0 Å². The van der Waals surface area contributed by atoms with Gasteiger partial charge in [-0.3, -0.25) is 14.5 Å². The van der Waals surface area contributed by atoms with Crippen molar-refractivity contribution in [1.82, 2.24) is 4.90 Å². The van der Waals surface area contributed by atoms with E-state index in [4.69, 9.17) is 12.2 Å². The molecule has 0 radical (unpaired) electrons. The van der Waals surface area contributed by atoms with E-state index in [9.17, 15) is 14.7 Å². The molecule has 154 valence electrons. The Labute approximate surface area is 185 Å². The quantitative estimate of drug-likeness (QED) is 0.501. The van der Waals surface area contributed by atoms with Gasteiger partial charge in [0.25, 0.3) is 5.91 Å². The third-order valence-electron chi connectivity index (χ3n) is 4.45. The molecule has 0 bridgehead atoms. The first-order valence-corrected chi connectivity index (χ1v) is 10.8.